The molecule has 1 saturated heterocycles. The molecule has 3 nitrogen and oxygen atoms in total. The average Bonchev–Trinajstić information content (AvgIpc) is 2.71. The van der Waals surface area contributed by atoms with Crippen LogP contribution in [0.1, 0.15) is 41.0 Å². The predicted octanol–water partition coefficient (Wildman–Crippen LogP) is 4.35. The second-order valence-corrected chi connectivity index (χ2v) is 13.8. The van der Waals surface area contributed by atoms with Gasteiger partial charge in [-0.05, 0) is 44.3 Å². The minimum Gasteiger partial charge on any atom is -0.411 e. The van der Waals surface area contributed by atoms with Crippen molar-refractivity contribution in [3.63, 3.8) is 0 Å². The standard InChI is InChI=1S/C15H29IO3Si/c1-14(2,3)20(6,7)19-11-8-10(9-16)12-13(11)18-15(4,5)17-12/h10-13H,8-9H2,1-7H3/t10-,11+,12-,13+/m1/s1. The Morgan fingerprint density at radius 3 is 2.25 bits per heavy atom. The van der Waals surface area contributed by atoms with Crippen LogP contribution in [0.4, 0.5) is 0 Å². The molecule has 1 aliphatic carbocycles. The summed E-state index contributed by atoms with van der Waals surface area (Å²) in [5, 5.41) is 0.236. The van der Waals surface area contributed by atoms with Gasteiger partial charge in [-0.3, -0.25) is 0 Å². The number of hydrogen-bond acceptors (Lipinski definition) is 3. The summed E-state index contributed by atoms with van der Waals surface area (Å²) < 4.78 is 20.0. The van der Waals surface area contributed by atoms with Gasteiger partial charge in [0.05, 0.1) is 12.2 Å². The van der Waals surface area contributed by atoms with Crippen LogP contribution in [-0.4, -0.2) is 36.8 Å². The zero-order chi connectivity index (χ0) is 15.3. The molecule has 5 heteroatoms. The van der Waals surface area contributed by atoms with E-state index in [-0.39, 0.29) is 23.4 Å². The SMILES string of the molecule is CC1(C)O[C@@H]2[C@@H](CI)C[C@H](O[Si](C)(C)C(C)(C)C)[C@@H]2O1. The number of alkyl halides is 1. The maximum Gasteiger partial charge on any atom is 0.192 e. The van der Waals surface area contributed by atoms with Gasteiger partial charge in [0.25, 0.3) is 0 Å². The fourth-order valence-corrected chi connectivity index (χ4v) is 5.06. The third-order valence-electron chi connectivity index (χ3n) is 4.98. The zero-order valence-electron chi connectivity index (χ0n) is 13.8. The molecule has 0 bridgehead atoms. The van der Waals surface area contributed by atoms with E-state index in [0.29, 0.717) is 5.92 Å². The second-order valence-electron chi connectivity index (χ2n) is 8.13. The first-order valence-electron chi connectivity index (χ1n) is 7.56. The minimum absolute atomic E-state index is 0.110. The number of halogens is 1. The highest BCUT2D eigenvalue weighted by atomic mass is 127. The summed E-state index contributed by atoms with van der Waals surface area (Å²) in [5.41, 5.74) is 0. The van der Waals surface area contributed by atoms with Crippen LogP contribution in [0.3, 0.4) is 0 Å². The third kappa shape index (κ3) is 3.26. The summed E-state index contributed by atoms with van der Waals surface area (Å²) >= 11 is 2.46. The molecule has 0 N–H and O–H groups in total. The van der Waals surface area contributed by atoms with Crippen molar-refractivity contribution in [2.24, 2.45) is 5.92 Å². The lowest BCUT2D eigenvalue weighted by atomic mass is 10.1. The maximum atomic E-state index is 6.63. The van der Waals surface area contributed by atoms with E-state index in [2.05, 4.69) is 56.5 Å². The molecule has 0 unspecified atom stereocenters. The molecule has 1 aliphatic heterocycles. The van der Waals surface area contributed by atoms with Gasteiger partial charge >= 0.3 is 0 Å². The predicted molar refractivity (Wildman–Crippen MR) is 92.9 cm³/mol. The number of ether oxygens (including phenoxy) is 2. The molecule has 0 radical (unpaired) electrons. The monoisotopic (exact) mass is 412 g/mol. The van der Waals surface area contributed by atoms with Crippen molar-refractivity contribution in [2.75, 3.05) is 4.43 Å². The van der Waals surface area contributed by atoms with E-state index in [1.54, 1.807) is 0 Å². The Morgan fingerprint density at radius 2 is 1.75 bits per heavy atom. The zero-order valence-corrected chi connectivity index (χ0v) is 17.0. The van der Waals surface area contributed by atoms with Crippen LogP contribution < -0.4 is 0 Å². The summed E-state index contributed by atoms with van der Waals surface area (Å²) in [7, 11) is -1.76. The molecular formula is C15H29IO3Si. The van der Waals surface area contributed by atoms with Crippen LogP contribution in [0.5, 0.6) is 0 Å². The first kappa shape index (κ1) is 17.2. The quantitative estimate of drug-likeness (QED) is 0.392. The van der Waals surface area contributed by atoms with Gasteiger partial charge in [0, 0.05) is 4.43 Å². The van der Waals surface area contributed by atoms with Crippen molar-refractivity contribution in [3.05, 3.63) is 0 Å². The Hall–Kier alpha value is 0.827. The van der Waals surface area contributed by atoms with Gasteiger partial charge in [-0.25, -0.2) is 0 Å². The lowest BCUT2D eigenvalue weighted by Gasteiger charge is -2.39. The van der Waals surface area contributed by atoms with E-state index < -0.39 is 14.1 Å². The van der Waals surface area contributed by atoms with Crippen LogP contribution >= 0.6 is 22.6 Å². The Morgan fingerprint density at radius 1 is 1.20 bits per heavy atom. The first-order chi connectivity index (χ1) is 8.97. The van der Waals surface area contributed by atoms with E-state index in [9.17, 15) is 0 Å². The summed E-state index contributed by atoms with van der Waals surface area (Å²) in [4.78, 5) is 0. The van der Waals surface area contributed by atoms with Crippen LogP contribution in [-0.2, 0) is 13.9 Å². The third-order valence-corrected chi connectivity index (χ3v) is 10.6. The normalized spacial score (nSPS) is 37.2. The second kappa shape index (κ2) is 5.48. The van der Waals surface area contributed by atoms with Crippen molar-refractivity contribution in [3.8, 4) is 0 Å². The fourth-order valence-electron chi connectivity index (χ4n) is 2.86. The Labute approximate surface area is 138 Å². The molecule has 4 atom stereocenters. The summed E-state index contributed by atoms with van der Waals surface area (Å²) in [5.74, 6) is 0.0895. The molecule has 118 valence electrons. The molecule has 0 aromatic carbocycles. The Balaban J connectivity index is 2.14. The molecule has 1 heterocycles. The largest absolute Gasteiger partial charge is 0.411 e. The average molecular weight is 412 g/mol. The van der Waals surface area contributed by atoms with Gasteiger partial charge in [0.2, 0.25) is 0 Å². The highest BCUT2D eigenvalue weighted by Gasteiger charge is 2.55. The molecule has 0 aromatic heterocycles. The van der Waals surface area contributed by atoms with Gasteiger partial charge in [0.15, 0.2) is 14.1 Å². The van der Waals surface area contributed by atoms with Gasteiger partial charge in [-0.2, -0.15) is 0 Å². The van der Waals surface area contributed by atoms with E-state index in [1.807, 2.05) is 13.8 Å². The van der Waals surface area contributed by atoms with E-state index in [0.717, 1.165) is 10.8 Å². The number of fused-ring (bicyclic) bond motifs is 1. The van der Waals surface area contributed by atoms with Crippen LogP contribution in [0.2, 0.25) is 18.1 Å². The molecule has 0 amide bonds. The fraction of sp³-hybridized carbons (Fsp3) is 1.00. The molecule has 20 heavy (non-hydrogen) atoms. The summed E-state index contributed by atoms with van der Waals surface area (Å²) in [6.07, 6.45) is 1.58. The van der Waals surface area contributed by atoms with Crippen molar-refractivity contribution in [2.45, 2.75) is 83.3 Å². The Bertz CT molecular complexity index is 365. The van der Waals surface area contributed by atoms with Crippen LogP contribution in [0.15, 0.2) is 0 Å². The molecule has 0 spiro atoms. The number of hydrogen-bond donors (Lipinski definition) is 0. The smallest absolute Gasteiger partial charge is 0.192 e. The molecular weight excluding hydrogens is 383 g/mol. The van der Waals surface area contributed by atoms with E-state index in [1.165, 1.54) is 0 Å². The van der Waals surface area contributed by atoms with Crippen molar-refractivity contribution in [1.82, 2.24) is 0 Å². The van der Waals surface area contributed by atoms with E-state index in [4.69, 9.17) is 13.9 Å². The lowest BCUT2D eigenvalue weighted by molar-refractivity contribution is -0.164. The molecule has 2 aliphatic rings. The van der Waals surface area contributed by atoms with Crippen LogP contribution in [0, 0.1) is 5.92 Å². The summed E-state index contributed by atoms with van der Waals surface area (Å²) in [6.45, 7) is 15.5. The topological polar surface area (TPSA) is 27.7 Å². The van der Waals surface area contributed by atoms with Gasteiger partial charge in [-0.1, -0.05) is 43.4 Å². The molecule has 0 aromatic rings. The van der Waals surface area contributed by atoms with Gasteiger partial charge < -0.3 is 13.9 Å². The van der Waals surface area contributed by atoms with Crippen molar-refractivity contribution < 1.29 is 13.9 Å². The first-order valence-corrected chi connectivity index (χ1v) is 12.0. The summed E-state index contributed by atoms with van der Waals surface area (Å²) in [6, 6.07) is 0. The van der Waals surface area contributed by atoms with Gasteiger partial charge in [-0.15, -0.1) is 0 Å². The molecule has 2 rings (SSSR count). The van der Waals surface area contributed by atoms with Crippen LogP contribution in [0.25, 0.3) is 0 Å². The molecule has 1 saturated carbocycles. The van der Waals surface area contributed by atoms with E-state index >= 15 is 0 Å². The Kier molecular flexibility index (Phi) is 4.70. The minimum atomic E-state index is -1.76. The van der Waals surface area contributed by atoms with Crippen molar-refractivity contribution in [1.29, 1.82) is 0 Å². The lowest BCUT2D eigenvalue weighted by Crippen LogP contribution is -2.46. The van der Waals surface area contributed by atoms with Gasteiger partial charge in [0.1, 0.15) is 6.10 Å². The van der Waals surface area contributed by atoms with Crippen molar-refractivity contribution >= 4 is 30.9 Å². The molecule has 2 fully saturated rings. The maximum absolute atomic E-state index is 6.63. The number of rotatable bonds is 3. The highest BCUT2D eigenvalue weighted by molar-refractivity contribution is 14.1. The highest BCUT2D eigenvalue weighted by Crippen LogP contribution is 2.46.